The lowest BCUT2D eigenvalue weighted by molar-refractivity contribution is 1.18. The highest BCUT2D eigenvalue weighted by atomic mass is 15.0. The second-order valence-corrected chi connectivity index (χ2v) is 11.0. The molecule has 0 spiro atoms. The van der Waals surface area contributed by atoms with Gasteiger partial charge in [0.05, 0.1) is 23.1 Å². The molecular weight excluding hydrogens is 522 g/mol. The largest absolute Gasteiger partial charge is 0.311 e. The first-order chi connectivity index (χ1) is 21.3. The molecule has 0 unspecified atom stereocenters. The van der Waals surface area contributed by atoms with Crippen molar-refractivity contribution < 1.29 is 0 Å². The summed E-state index contributed by atoms with van der Waals surface area (Å²) in [7, 11) is 0. The van der Waals surface area contributed by atoms with Gasteiger partial charge in [0.25, 0.3) is 0 Å². The Labute approximate surface area is 247 Å². The minimum atomic E-state index is 0.675. The van der Waals surface area contributed by atoms with Gasteiger partial charge in [0.15, 0.2) is 5.69 Å². The van der Waals surface area contributed by atoms with Crippen LogP contribution in [0.4, 0.5) is 5.69 Å². The quantitative estimate of drug-likeness (QED) is 0.120. The highest BCUT2D eigenvalue weighted by Gasteiger charge is 2.18. The number of pyridine rings is 1. The molecule has 7 aromatic carbocycles. The Bertz CT molecular complexity index is 2540. The van der Waals surface area contributed by atoms with Gasteiger partial charge in [-0.05, 0) is 46.0 Å². The first-order valence-electron chi connectivity index (χ1n) is 14.4. The van der Waals surface area contributed by atoms with Gasteiger partial charge in [-0.3, -0.25) is 0 Å². The van der Waals surface area contributed by atoms with E-state index in [9.17, 15) is 0 Å². The van der Waals surface area contributed by atoms with Crippen LogP contribution in [0.5, 0.6) is 0 Å². The van der Waals surface area contributed by atoms with E-state index < -0.39 is 0 Å². The van der Waals surface area contributed by atoms with E-state index in [1.54, 1.807) is 0 Å². The predicted molar refractivity (Wildman–Crippen MR) is 180 cm³/mol. The molecule has 3 heteroatoms. The van der Waals surface area contributed by atoms with Gasteiger partial charge in [0.1, 0.15) is 0 Å². The van der Waals surface area contributed by atoms with Gasteiger partial charge in [-0.25, -0.2) is 9.83 Å². The van der Waals surface area contributed by atoms with E-state index in [-0.39, 0.29) is 0 Å². The van der Waals surface area contributed by atoms with E-state index in [1.165, 1.54) is 16.3 Å². The molecule has 0 N–H and O–H groups in total. The van der Waals surface area contributed by atoms with Gasteiger partial charge in [-0.1, -0.05) is 115 Å². The number of benzene rings is 7. The summed E-state index contributed by atoms with van der Waals surface area (Å²) in [6.07, 6.45) is 0. The Morgan fingerprint density at radius 2 is 1.12 bits per heavy atom. The Morgan fingerprint density at radius 3 is 1.81 bits per heavy atom. The standard InChI is InChI=1S/C40H23N3/c1-41-34-17-9-19-36-38(34)31-16-6-7-18-35(31)43(36)28-13-8-12-27(24-28)37-32-22-20-25-10-2-4-14-29(25)39(32)42-40-30-15-5-3-11-26(30)21-23-33(37)40/h2-24H. The van der Waals surface area contributed by atoms with Gasteiger partial charge in [0, 0.05) is 43.7 Å². The zero-order valence-electron chi connectivity index (χ0n) is 23.1. The number of rotatable bonds is 2. The lowest BCUT2D eigenvalue weighted by atomic mass is 9.92. The average molecular weight is 546 g/mol. The number of aromatic nitrogens is 2. The minimum absolute atomic E-state index is 0.675. The minimum Gasteiger partial charge on any atom is -0.311 e. The first-order valence-corrected chi connectivity index (χ1v) is 14.4. The molecule has 0 saturated carbocycles. The van der Waals surface area contributed by atoms with Crippen LogP contribution in [-0.2, 0) is 0 Å². The fourth-order valence-electron chi connectivity index (χ4n) is 6.89. The van der Waals surface area contributed by atoms with E-state index in [0.29, 0.717) is 5.69 Å². The third kappa shape index (κ3) is 3.38. The SMILES string of the molecule is [C-]#[N+]c1cccc2c1c1ccccc1n2-c1cccc(-c2c3ccc4ccccc4c3nc3c2ccc2ccccc23)c1. The molecule has 0 aliphatic rings. The van der Waals surface area contributed by atoms with Crippen molar-refractivity contribution in [2.75, 3.05) is 0 Å². The average Bonchev–Trinajstić information content (AvgIpc) is 3.42. The number of hydrogen-bond acceptors (Lipinski definition) is 1. The predicted octanol–water partition coefficient (Wildman–Crippen LogP) is 11.0. The maximum Gasteiger partial charge on any atom is 0.197 e. The highest BCUT2D eigenvalue weighted by molar-refractivity contribution is 6.21. The lowest BCUT2D eigenvalue weighted by Crippen LogP contribution is -1.96. The molecule has 9 rings (SSSR count). The number of para-hydroxylation sites is 1. The van der Waals surface area contributed by atoms with Crippen molar-refractivity contribution in [3.8, 4) is 16.8 Å². The number of hydrogen-bond donors (Lipinski definition) is 0. The van der Waals surface area contributed by atoms with Crippen molar-refractivity contribution in [1.82, 2.24) is 9.55 Å². The number of fused-ring (bicyclic) bond motifs is 9. The van der Waals surface area contributed by atoms with Crippen LogP contribution in [0, 0.1) is 6.57 Å². The van der Waals surface area contributed by atoms with Crippen molar-refractivity contribution in [3.05, 3.63) is 151 Å². The molecule has 198 valence electrons. The van der Waals surface area contributed by atoms with Crippen molar-refractivity contribution in [2.24, 2.45) is 0 Å². The van der Waals surface area contributed by atoms with Crippen LogP contribution < -0.4 is 0 Å². The molecule has 0 radical (unpaired) electrons. The molecule has 0 saturated heterocycles. The van der Waals surface area contributed by atoms with Crippen molar-refractivity contribution in [2.45, 2.75) is 0 Å². The topological polar surface area (TPSA) is 22.2 Å². The Kier molecular flexibility index (Phi) is 4.97. The summed E-state index contributed by atoms with van der Waals surface area (Å²) in [5.41, 5.74) is 8.20. The summed E-state index contributed by atoms with van der Waals surface area (Å²) >= 11 is 0. The summed E-state index contributed by atoms with van der Waals surface area (Å²) in [6.45, 7) is 7.84. The van der Waals surface area contributed by atoms with Gasteiger partial charge in [0.2, 0.25) is 0 Å². The zero-order valence-corrected chi connectivity index (χ0v) is 23.1. The molecule has 2 heterocycles. The summed E-state index contributed by atoms with van der Waals surface area (Å²) < 4.78 is 2.29. The van der Waals surface area contributed by atoms with E-state index in [4.69, 9.17) is 11.6 Å². The fourth-order valence-corrected chi connectivity index (χ4v) is 6.89. The molecule has 0 aliphatic heterocycles. The molecule has 3 nitrogen and oxygen atoms in total. The van der Waals surface area contributed by atoms with E-state index in [2.05, 4.69) is 131 Å². The Balaban J connectivity index is 1.41. The second-order valence-electron chi connectivity index (χ2n) is 11.0. The van der Waals surface area contributed by atoms with Crippen molar-refractivity contribution in [1.29, 1.82) is 0 Å². The van der Waals surface area contributed by atoms with Crippen LogP contribution in [0.3, 0.4) is 0 Å². The molecular formula is C40H23N3. The van der Waals surface area contributed by atoms with Gasteiger partial charge < -0.3 is 4.57 Å². The molecule has 0 atom stereocenters. The van der Waals surface area contributed by atoms with E-state index in [0.717, 1.165) is 65.6 Å². The normalized spacial score (nSPS) is 11.7. The summed E-state index contributed by atoms with van der Waals surface area (Å²) in [4.78, 5) is 9.23. The van der Waals surface area contributed by atoms with Crippen LogP contribution in [0.25, 0.3) is 86.8 Å². The third-order valence-electron chi connectivity index (χ3n) is 8.75. The smallest absolute Gasteiger partial charge is 0.197 e. The number of nitrogens with zero attached hydrogens (tertiary/aromatic N) is 3. The van der Waals surface area contributed by atoms with Crippen molar-refractivity contribution >= 4 is 70.8 Å². The molecule has 0 amide bonds. The maximum atomic E-state index is 7.84. The lowest BCUT2D eigenvalue weighted by Gasteiger charge is -2.16. The molecule has 0 aliphatic carbocycles. The molecule has 43 heavy (non-hydrogen) atoms. The monoisotopic (exact) mass is 545 g/mol. The summed E-state index contributed by atoms with van der Waals surface area (Å²) in [5, 5.41) is 9.03. The van der Waals surface area contributed by atoms with Crippen LogP contribution in [0.15, 0.2) is 140 Å². The highest BCUT2D eigenvalue weighted by Crippen LogP contribution is 2.42. The van der Waals surface area contributed by atoms with E-state index in [1.807, 2.05) is 18.2 Å². The summed E-state index contributed by atoms with van der Waals surface area (Å²) in [6, 6.07) is 49.1. The van der Waals surface area contributed by atoms with Crippen LogP contribution >= 0.6 is 0 Å². The van der Waals surface area contributed by atoms with E-state index >= 15 is 0 Å². The van der Waals surface area contributed by atoms with Gasteiger partial charge in [-0.15, -0.1) is 0 Å². The molecule has 9 aromatic rings. The van der Waals surface area contributed by atoms with Crippen LogP contribution in [0.2, 0.25) is 0 Å². The molecule has 0 bridgehead atoms. The Morgan fingerprint density at radius 1 is 0.512 bits per heavy atom. The molecule has 0 fully saturated rings. The van der Waals surface area contributed by atoms with Crippen molar-refractivity contribution in [3.63, 3.8) is 0 Å². The maximum absolute atomic E-state index is 7.84. The second kappa shape index (κ2) is 9.01. The zero-order chi connectivity index (χ0) is 28.5. The Hall–Kier alpha value is -5.98. The van der Waals surface area contributed by atoms with Gasteiger partial charge >= 0.3 is 0 Å². The van der Waals surface area contributed by atoms with Gasteiger partial charge in [-0.2, -0.15) is 0 Å². The molecule has 2 aromatic heterocycles. The van der Waals surface area contributed by atoms with Crippen LogP contribution in [0.1, 0.15) is 0 Å². The summed E-state index contributed by atoms with van der Waals surface area (Å²) in [5.74, 6) is 0. The van der Waals surface area contributed by atoms with Crippen LogP contribution in [-0.4, -0.2) is 9.55 Å². The fraction of sp³-hybridized carbons (Fsp3) is 0. The third-order valence-corrected chi connectivity index (χ3v) is 8.75. The first kappa shape index (κ1) is 23.7.